The van der Waals surface area contributed by atoms with Gasteiger partial charge in [-0.25, -0.2) is 4.79 Å². The quantitative estimate of drug-likeness (QED) is 0.379. The summed E-state index contributed by atoms with van der Waals surface area (Å²) >= 11 is 3.41. The largest absolute Gasteiger partial charge is 0.445 e. The van der Waals surface area contributed by atoms with Gasteiger partial charge in [-0.05, 0) is 53.9 Å². The molecule has 31 heavy (non-hydrogen) atoms. The van der Waals surface area contributed by atoms with Crippen molar-refractivity contribution in [1.82, 2.24) is 5.32 Å². The van der Waals surface area contributed by atoms with E-state index >= 15 is 0 Å². The van der Waals surface area contributed by atoms with E-state index in [1.807, 2.05) is 31.2 Å². The molecule has 0 aliphatic carbocycles. The molecule has 3 aromatic rings. The standard InChI is InChI=1S/C24H24BrN3O3/c1-2-21(17-11-13-19(25)14-12-17)28-24(30)31-15-16-7-9-18(10-8-16)23(29)27-22-6-4-3-5-20(22)26/h3-14,21H,2,15,26H2,1H3,(H,27,29)(H,28,30). The first-order valence-corrected chi connectivity index (χ1v) is 10.7. The minimum Gasteiger partial charge on any atom is -0.445 e. The van der Waals surface area contributed by atoms with Crippen LogP contribution in [-0.4, -0.2) is 12.0 Å². The summed E-state index contributed by atoms with van der Waals surface area (Å²) in [6, 6.07) is 21.6. The van der Waals surface area contributed by atoms with Gasteiger partial charge in [0.2, 0.25) is 0 Å². The summed E-state index contributed by atoms with van der Waals surface area (Å²) in [5, 5.41) is 5.66. The Kier molecular flexibility index (Phi) is 7.67. The van der Waals surface area contributed by atoms with Crippen LogP contribution in [0, 0.1) is 0 Å². The molecule has 2 amide bonds. The zero-order chi connectivity index (χ0) is 22.2. The van der Waals surface area contributed by atoms with Gasteiger partial charge in [-0.1, -0.05) is 59.3 Å². The molecule has 0 aliphatic rings. The number of anilines is 2. The third kappa shape index (κ3) is 6.33. The molecule has 4 N–H and O–H groups in total. The Hall–Kier alpha value is -3.32. The van der Waals surface area contributed by atoms with Crippen molar-refractivity contribution in [1.29, 1.82) is 0 Å². The predicted octanol–water partition coefficient (Wildman–Crippen LogP) is 5.66. The van der Waals surface area contributed by atoms with Gasteiger partial charge in [0.25, 0.3) is 5.91 Å². The highest BCUT2D eigenvalue weighted by molar-refractivity contribution is 9.10. The average Bonchev–Trinajstić information content (AvgIpc) is 2.78. The number of alkyl carbamates (subject to hydrolysis) is 1. The Balaban J connectivity index is 1.52. The van der Waals surface area contributed by atoms with E-state index < -0.39 is 6.09 Å². The van der Waals surface area contributed by atoms with Gasteiger partial charge < -0.3 is 21.1 Å². The van der Waals surface area contributed by atoms with E-state index in [9.17, 15) is 9.59 Å². The molecule has 0 radical (unpaired) electrons. The SMILES string of the molecule is CCC(NC(=O)OCc1ccc(C(=O)Nc2ccccc2N)cc1)c1ccc(Br)cc1. The van der Waals surface area contributed by atoms with Crippen molar-refractivity contribution >= 4 is 39.3 Å². The Labute approximate surface area is 189 Å². The Morgan fingerprint density at radius 3 is 2.32 bits per heavy atom. The molecule has 0 saturated heterocycles. The first kappa shape index (κ1) is 22.4. The maximum absolute atomic E-state index is 12.4. The minimum absolute atomic E-state index is 0.107. The lowest BCUT2D eigenvalue weighted by Crippen LogP contribution is -2.28. The molecule has 0 aliphatic heterocycles. The molecule has 1 unspecified atom stereocenters. The highest BCUT2D eigenvalue weighted by atomic mass is 79.9. The lowest BCUT2D eigenvalue weighted by molar-refractivity contribution is 0.102. The smallest absolute Gasteiger partial charge is 0.407 e. The van der Waals surface area contributed by atoms with Crippen molar-refractivity contribution < 1.29 is 14.3 Å². The fourth-order valence-electron chi connectivity index (χ4n) is 3.01. The first-order valence-electron chi connectivity index (χ1n) is 9.90. The molecule has 0 aromatic heterocycles. The number of ether oxygens (including phenoxy) is 1. The zero-order valence-electron chi connectivity index (χ0n) is 17.1. The third-order valence-corrected chi connectivity index (χ3v) is 5.30. The minimum atomic E-state index is -0.490. The van der Waals surface area contributed by atoms with Crippen LogP contribution in [0.3, 0.4) is 0 Å². The highest BCUT2D eigenvalue weighted by Gasteiger charge is 2.14. The van der Waals surface area contributed by atoms with Crippen LogP contribution in [0.5, 0.6) is 0 Å². The number of nitrogen functional groups attached to an aromatic ring is 1. The van der Waals surface area contributed by atoms with Gasteiger partial charge in [0, 0.05) is 10.0 Å². The van der Waals surface area contributed by atoms with Gasteiger partial charge in [0.1, 0.15) is 6.61 Å². The lowest BCUT2D eigenvalue weighted by Gasteiger charge is -2.17. The molecule has 7 heteroatoms. The molecule has 3 aromatic carbocycles. The second-order valence-corrected chi connectivity index (χ2v) is 7.89. The summed E-state index contributed by atoms with van der Waals surface area (Å²) in [5.74, 6) is -0.261. The lowest BCUT2D eigenvalue weighted by atomic mass is 10.1. The van der Waals surface area contributed by atoms with E-state index in [1.165, 1.54) is 0 Å². The van der Waals surface area contributed by atoms with Gasteiger partial charge in [0.15, 0.2) is 0 Å². The zero-order valence-corrected chi connectivity index (χ0v) is 18.7. The fourth-order valence-corrected chi connectivity index (χ4v) is 3.27. The molecule has 1 atom stereocenters. The first-order chi connectivity index (χ1) is 15.0. The summed E-state index contributed by atoms with van der Waals surface area (Å²) in [5.41, 5.74) is 9.19. The molecular formula is C24H24BrN3O3. The molecule has 160 valence electrons. The molecule has 0 spiro atoms. The predicted molar refractivity (Wildman–Crippen MR) is 126 cm³/mol. The molecule has 0 heterocycles. The summed E-state index contributed by atoms with van der Waals surface area (Å²) in [7, 11) is 0. The molecular weight excluding hydrogens is 458 g/mol. The molecule has 6 nitrogen and oxygen atoms in total. The maximum Gasteiger partial charge on any atom is 0.407 e. The number of benzene rings is 3. The number of carbonyl (C=O) groups is 2. The van der Waals surface area contributed by atoms with Crippen LogP contribution in [-0.2, 0) is 11.3 Å². The van der Waals surface area contributed by atoms with Crippen LogP contribution in [0.25, 0.3) is 0 Å². The molecule has 0 fully saturated rings. The van der Waals surface area contributed by atoms with E-state index in [1.54, 1.807) is 48.5 Å². The number of rotatable bonds is 7. The van der Waals surface area contributed by atoms with Crippen LogP contribution in [0.1, 0.15) is 40.9 Å². The second kappa shape index (κ2) is 10.6. The summed E-state index contributed by atoms with van der Waals surface area (Å²) in [6.45, 7) is 2.11. The topological polar surface area (TPSA) is 93.4 Å². The van der Waals surface area contributed by atoms with Crippen molar-refractivity contribution in [3.63, 3.8) is 0 Å². The van der Waals surface area contributed by atoms with Crippen LogP contribution < -0.4 is 16.4 Å². The average molecular weight is 482 g/mol. The van der Waals surface area contributed by atoms with E-state index in [0.717, 1.165) is 22.0 Å². The van der Waals surface area contributed by atoms with Crippen molar-refractivity contribution in [2.24, 2.45) is 0 Å². The maximum atomic E-state index is 12.4. The summed E-state index contributed by atoms with van der Waals surface area (Å²) < 4.78 is 6.33. The van der Waals surface area contributed by atoms with Crippen LogP contribution in [0.2, 0.25) is 0 Å². The molecule has 3 rings (SSSR count). The number of halogens is 1. The number of hydrogen-bond donors (Lipinski definition) is 3. The highest BCUT2D eigenvalue weighted by Crippen LogP contribution is 2.20. The van der Waals surface area contributed by atoms with Crippen LogP contribution in [0.4, 0.5) is 16.2 Å². The summed E-state index contributed by atoms with van der Waals surface area (Å²) in [6.07, 6.45) is 0.253. The molecule has 0 bridgehead atoms. The van der Waals surface area contributed by atoms with Gasteiger partial charge in [-0.15, -0.1) is 0 Å². The van der Waals surface area contributed by atoms with Gasteiger partial charge in [0.05, 0.1) is 17.4 Å². The fraction of sp³-hybridized carbons (Fsp3) is 0.167. The monoisotopic (exact) mass is 481 g/mol. The number of amides is 2. The number of hydrogen-bond acceptors (Lipinski definition) is 4. The van der Waals surface area contributed by atoms with Crippen molar-refractivity contribution in [2.75, 3.05) is 11.1 Å². The third-order valence-electron chi connectivity index (χ3n) is 4.77. The summed E-state index contributed by atoms with van der Waals surface area (Å²) in [4.78, 5) is 24.6. The van der Waals surface area contributed by atoms with E-state index in [2.05, 4.69) is 26.6 Å². The van der Waals surface area contributed by atoms with Gasteiger partial charge in [-0.3, -0.25) is 4.79 Å². The van der Waals surface area contributed by atoms with Crippen LogP contribution >= 0.6 is 15.9 Å². The Morgan fingerprint density at radius 2 is 1.68 bits per heavy atom. The number of nitrogens with one attached hydrogen (secondary N) is 2. The van der Waals surface area contributed by atoms with E-state index in [-0.39, 0.29) is 18.6 Å². The van der Waals surface area contributed by atoms with Crippen LogP contribution in [0.15, 0.2) is 77.3 Å². The van der Waals surface area contributed by atoms with Crippen molar-refractivity contribution in [2.45, 2.75) is 26.0 Å². The number of nitrogens with two attached hydrogens (primary N) is 1. The van der Waals surface area contributed by atoms with Gasteiger partial charge in [-0.2, -0.15) is 0 Å². The van der Waals surface area contributed by atoms with Crippen molar-refractivity contribution in [3.8, 4) is 0 Å². The number of carbonyl (C=O) groups excluding carboxylic acids is 2. The van der Waals surface area contributed by atoms with Crippen molar-refractivity contribution in [3.05, 3.63) is 94.0 Å². The Morgan fingerprint density at radius 1 is 1.00 bits per heavy atom. The van der Waals surface area contributed by atoms with Gasteiger partial charge >= 0.3 is 6.09 Å². The number of para-hydroxylation sites is 2. The van der Waals surface area contributed by atoms with E-state index in [0.29, 0.717) is 16.9 Å². The molecule has 0 saturated carbocycles. The van der Waals surface area contributed by atoms with E-state index in [4.69, 9.17) is 10.5 Å². The Bertz CT molecular complexity index is 1040. The second-order valence-electron chi connectivity index (χ2n) is 6.97. The normalized spacial score (nSPS) is 11.4.